The number of hydrogen-bond acceptors (Lipinski definition) is 4. The van der Waals surface area contributed by atoms with E-state index in [2.05, 4.69) is 24.9 Å². The van der Waals surface area contributed by atoms with Gasteiger partial charge in [0.25, 0.3) is 0 Å². The molecule has 2 N–H and O–H groups in total. The van der Waals surface area contributed by atoms with Crippen molar-refractivity contribution in [2.45, 2.75) is 0 Å². The first-order valence-electron chi connectivity index (χ1n) is 6.06. The van der Waals surface area contributed by atoms with Crippen LogP contribution in [-0.2, 0) is 7.05 Å². The molecule has 0 bridgehead atoms. The molecule has 3 heterocycles. The van der Waals surface area contributed by atoms with Crippen molar-refractivity contribution >= 4 is 22.1 Å². The molecule has 0 radical (unpaired) electrons. The number of fused-ring (bicyclic) bond motifs is 2. The molecule has 0 saturated heterocycles. The van der Waals surface area contributed by atoms with Crippen molar-refractivity contribution in [3.63, 3.8) is 0 Å². The van der Waals surface area contributed by atoms with Crippen molar-refractivity contribution in [1.29, 1.82) is 0 Å². The van der Waals surface area contributed by atoms with Crippen LogP contribution < -0.4 is 5.69 Å². The highest BCUT2D eigenvalue weighted by molar-refractivity contribution is 5.92. The molecule has 98 valence electrons. The van der Waals surface area contributed by atoms with Crippen LogP contribution in [-0.4, -0.2) is 29.5 Å². The molecule has 0 fully saturated rings. The Hall–Kier alpha value is -2.96. The summed E-state index contributed by atoms with van der Waals surface area (Å²) in [6, 6.07) is 3.76. The van der Waals surface area contributed by atoms with Gasteiger partial charge in [0, 0.05) is 19.4 Å². The SMILES string of the molecule is Cn1c(=O)[nH]c2cc3[nH]c(-c4cncnc4)nc3cc21. The van der Waals surface area contributed by atoms with Gasteiger partial charge in [0.1, 0.15) is 12.2 Å². The molecule has 0 unspecified atom stereocenters. The molecule has 4 rings (SSSR count). The Labute approximate surface area is 112 Å². The van der Waals surface area contributed by atoms with E-state index in [1.807, 2.05) is 12.1 Å². The Balaban J connectivity index is 2.00. The maximum atomic E-state index is 11.6. The van der Waals surface area contributed by atoms with E-state index in [4.69, 9.17) is 0 Å². The maximum absolute atomic E-state index is 11.6. The third kappa shape index (κ3) is 1.46. The van der Waals surface area contributed by atoms with Crippen molar-refractivity contribution < 1.29 is 0 Å². The number of hydrogen-bond donors (Lipinski definition) is 2. The van der Waals surface area contributed by atoms with E-state index >= 15 is 0 Å². The largest absolute Gasteiger partial charge is 0.338 e. The second-order valence-electron chi connectivity index (χ2n) is 4.59. The molecule has 0 atom stereocenters. The lowest BCUT2D eigenvalue weighted by Crippen LogP contribution is -2.11. The summed E-state index contributed by atoms with van der Waals surface area (Å²) in [7, 11) is 1.73. The van der Waals surface area contributed by atoms with Crippen molar-refractivity contribution in [2.24, 2.45) is 7.05 Å². The number of benzene rings is 1. The average molecular weight is 266 g/mol. The summed E-state index contributed by atoms with van der Waals surface area (Å²) >= 11 is 0. The first-order chi connectivity index (χ1) is 9.72. The van der Waals surface area contributed by atoms with Gasteiger partial charge in [-0.05, 0) is 12.1 Å². The lowest BCUT2D eigenvalue weighted by Gasteiger charge is -1.92. The van der Waals surface area contributed by atoms with Gasteiger partial charge < -0.3 is 9.97 Å². The molecule has 3 aromatic heterocycles. The second-order valence-corrected chi connectivity index (χ2v) is 4.59. The van der Waals surface area contributed by atoms with Crippen LogP contribution >= 0.6 is 0 Å². The smallest absolute Gasteiger partial charge is 0.326 e. The van der Waals surface area contributed by atoms with Crippen molar-refractivity contribution in [3.8, 4) is 11.4 Å². The van der Waals surface area contributed by atoms with E-state index in [1.54, 1.807) is 24.0 Å². The highest BCUT2D eigenvalue weighted by atomic mass is 16.1. The summed E-state index contributed by atoms with van der Waals surface area (Å²) in [5.41, 5.74) is 3.95. The molecule has 7 heteroatoms. The lowest BCUT2D eigenvalue weighted by molar-refractivity contribution is 0.892. The predicted octanol–water partition coefficient (Wildman–Crippen LogP) is 1.20. The third-order valence-corrected chi connectivity index (χ3v) is 3.34. The molecular weight excluding hydrogens is 256 g/mol. The zero-order valence-electron chi connectivity index (χ0n) is 10.6. The summed E-state index contributed by atoms with van der Waals surface area (Å²) < 4.78 is 1.56. The topological polar surface area (TPSA) is 92.2 Å². The van der Waals surface area contributed by atoms with E-state index in [9.17, 15) is 4.79 Å². The van der Waals surface area contributed by atoms with Gasteiger partial charge in [-0.15, -0.1) is 0 Å². The minimum Gasteiger partial charge on any atom is -0.338 e. The van der Waals surface area contributed by atoms with Gasteiger partial charge in [0.15, 0.2) is 0 Å². The minimum atomic E-state index is -0.135. The number of aryl methyl sites for hydroxylation is 1. The summed E-state index contributed by atoms with van der Waals surface area (Å²) in [6.07, 6.45) is 4.88. The molecule has 7 nitrogen and oxygen atoms in total. The fraction of sp³-hybridized carbons (Fsp3) is 0.0769. The van der Waals surface area contributed by atoms with E-state index in [0.29, 0.717) is 5.82 Å². The first-order valence-corrected chi connectivity index (χ1v) is 6.06. The monoisotopic (exact) mass is 266 g/mol. The number of aromatic nitrogens is 6. The van der Waals surface area contributed by atoms with Crippen LogP contribution in [0.1, 0.15) is 0 Å². The Bertz CT molecular complexity index is 979. The highest BCUT2D eigenvalue weighted by Crippen LogP contribution is 2.22. The standard InChI is InChI=1S/C13H10N6O/c1-19-11-3-9-8(2-10(11)18-13(19)20)16-12(17-9)7-4-14-6-15-5-7/h2-6H,1H3,(H,16,17)(H,18,20). The van der Waals surface area contributed by atoms with Crippen LogP contribution in [0.15, 0.2) is 35.6 Å². The van der Waals surface area contributed by atoms with Gasteiger partial charge >= 0.3 is 5.69 Å². The first kappa shape index (κ1) is 10.9. The Kier molecular flexibility index (Phi) is 2.06. The lowest BCUT2D eigenvalue weighted by atomic mass is 10.3. The van der Waals surface area contributed by atoms with Crippen molar-refractivity contribution in [2.75, 3.05) is 0 Å². The van der Waals surface area contributed by atoms with Crippen LogP contribution in [0.3, 0.4) is 0 Å². The van der Waals surface area contributed by atoms with Crippen molar-refractivity contribution in [1.82, 2.24) is 29.5 Å². The zero-order valence-corrected chi connectivity index (χ0v) is 10.6. The zero-order chi connectivity index (χ0) is 13.7. The molecule has 4 aromatic rings. The average Bonchev–Trinajstić information content (AvgIpc) is 3.00. The fourth-order valence-electron chi connectivity index (χ4n) is 2.29. The van der Waals surface area contributed by atoms with E-state index in [1.165, 1.54) is 6.33 Å². The summed E-state index contributed by atoms with van der Waals surface area (Å²) in [6.45, 7) is 0. The predicted molar refractivity (Wildman–Crippen MR) is 74.2 cm³/mol. The van der Waals surface area contributed by atoms with E-state index in [0.717, 1.165) is 27.6 Å². The van der Waals surface area contributed by atoms with Gasteiger partial charge in [-0.3, -0.25) is 4.57 Å². The molecule has 0 amide bonds. The normalized spacial score (nSPS) is 11.4. The second kappa shape index (κ2) is 3.77. The van der Waals surface area contributed by atoms with Gasteiger partial charge in [-0.1, -0.05) is 0 Å². The molecule has 1 aromatic carbocycles. The number of nitrogens with one attached hydrogen (secondary N) is 2. The number of rotatable bonds is 1. The maximum Gasteiger partial charge on any atom is 0.326 e. The molecule has 0 spiro atoms. The van der Waals surface area contributed by atoms with Crippen LogP contribution in [0, 0.1) is 0 Å². The Morgan fingerprint density at radius 2 is 1.90 bits per heavy atom. The van der Waals surface area contributed by atoms with E-state index in [-0.39, 0.29) is 5.69 Å². The van der Waals surface area contributed by atoms with Gasteiger partial charge in [0.05, 0.1) is 27.6 Å². The van der Waals surface area contributed by atoms with Crippen LogP contribution in [0.25, 0.3) is 33.5 Å². The highest BCUT2D eigenvalue weighted by Gasteiger charge is 2.10. The molecule has 0 saturated carbocycles. The minimum absolute atomic E-state index is 0.135. The molecule has 0 aliphatic carbocycles. The summed E-state index contributed by atoms with van der Waals surface area (Å²) in [5, 5.41) is 0. The fourth-order valence-corrected chi connectivity index (χ4v) is 2.29. The Morgan fingerprint density at radius 1 is 1.10 bits per heavy atom. The van der Waals surface area contributed by atoms with Crippen LogP contribution in [0.4, 0.5) is 0 Å². The molecule has 20 heavy (non-hydrogen) atoms. The molecule has 0 aliphatic rings. The number of H-pyrrole nitrogens is 2. The molecular formula is C13H10N6O. The van der Waals surface area contributed by atoms with E-state index < -0.39 is 0 Å². The summed E-state index contributed by atoms with van der Waals surface area (Å²) in [4.78, 5) is 30.1. The number of imidazole rings is 2. The number of aromatic amines is 2. The quantitative estimate of drug-likeness (QED) is 0.541. The van der Waals surface area contributed by atoms with Crippen molar-refractivity contribution in [3.05, 3.63) is 41.3 Å². The van der Waals surface area contributed by atoms with Gasteiger partial charge in [-0.2, -0.15) is 0 Å². The van der Waals surface area contributed by atoms with Crippen LogP contribution in [0.2, 0.25) is 0 Å². The van der Waals surface area contributed by atoms with Crippen LogP contribution in [0.5, 0.6) is 0 Å². The molecule has 0 aliphatic heterocycles. The third-order valence-electron chi connectivity index (χ3n) is 3.34. The van der Waals surface area contributed by atoms with Gasteiger partial charge in [-0.25, -0.2) is 19.7 Å². The summed E-state index contributed by atoms with van der Waals surface area (Å²) in [5.74, 6) is 0.707. The van der Waals surface area contributed by atoms with Gasteiger partial charge in [0.2, 0.25) is 0 Å². The Morgan fingerprint density at radius 3 is 2.70 bits per heavy atom. The number of nitrogens with zero attached hydrogens (tertiary/aromatic N) is 4.